The maximum Gasteiger partial charge on any atom is 0.178 e. The second kappa shape index (κ2) is 15.5. The lowest BCUT2D eigenvalue weighted by Gasteiger charge is -2.35. The molecule has 0 radical (unpaired) electrons. The minimum atomic E-state index is -0.636. The highest BCUT2D eigenvalue weighted by Crippen LogP contribution is 2.62. The van der Waals surface area contributed by atoms with E-state index in [1.807, 2.05) is 42.6 Å². The maximum absolute atomic E-state index is 6.86. The highest BCUT2D eigenvalue weighted by molar-refractivity contribution is 5.93. The van der Waals surface area contributed by atoms with Crippen molar-refractivity contribution in [1.82, 2.24) is 4.98 Å². The van der Waals surface area contributed by atoms with Gasteiger partial charge in [0.15, 0.2) is 23.0 Å². The Hall–Kier alpha value is -7.69. The number of aromatic nitrogens is 1. The van der Waals surface area contributed by atoms with Crippen molar-refractivity contribution in [2.75, 3.05) is 4.90 Å². The summed E-state index contributed by atoms with van der Waals surface area (Å²) in [5, 5.41) is 0. The lowest BCUT2D eigenvalue weighted by atomic mass is 9.67. The van der Waals surface area contributed by atoms with Crippen LogP contribution in [-0.2, 0) is 10.8 Å². The van der Waals surface area contributed by atoms with Crippen LogP contribution >= 0.6 is 0 Å². The molecule has 13 rings (SSSR count). The quantitative estimate of drug-likeness (QED) is 0.160. The van der Waals surface area contributed by atoms with Gasteiger partial charge < -0.3 is 14.4 Å². The predicted octanol–water partition coefficient (Wildman–Crippen LogP) is 16.8. The Kier molecular flexibility index (Phi) is 9.15. The van der Waals surface area contributed by atoms with Crippen LogP contribution < -0.4 is 14.4 Å². The van der Waals surface area contributed by atoms with E-state index in [1.54, 1.807) is 0 Å². The van der Waals surface area contributed by atoms with E-state index in [9.17, 15) is 0 Å². The molecule has 0 bridgehead atoms. The molecule has 0 saturated heterocycles. The third kappa shape index (κ3) is 6.16. The van der Waals surface area contributed by atoms with Crippen LogP contribution in [0.25, 0.3) is 33.5 Å². The second-order valence-electron chi connectivity index (χ2n) is 19.3. The fourth-order valence-corrected chi connectivity index (χ4v) is 12.0. The van der Waals surface area contributed by atoms with Crippen LogP contribution in [0.2, 0.25) is 0 Å². The first-order valence-electron chi connectivity index (χ1n) is 24.0. The molecule has 4 heteroatoms. The monoisotopic (exact) mass is 866 g/mol. The molecule has 0 amide bonds. The zero-order valence-electron chi connectivity index (χ0n) is 37.9. The van der Waals surface area contributed by atoms with E-state index < -0.39 is 5.41 Å². The summed E-state index contributed by atoms with van der Waals surface area (Å²) in [6.45, 7) is 4.69. The molecule has 1 atom stereocenters. The van der Waals surface area contributed by atoms with Gasteiger partial charge in [-0.3, -0.25) is 4.98 Å². The van der Waals surface area contributed by atoms with Gasteiger partial charge in [-0.25, -0.2) is 0 Å². The van der Waals surface area contributed by atoms with Crippen molar-refractivity contribution in [3.63, 3.8) is 0 Å². The van der Waals surface area contributed by atoms with Gasteiger partial charge in [-0.05, 0) is 141 Å². The summed E-state index contributed by atoms with van der Waals surface area (Å²) in [4.78, 5) is 7.06. The van der Waals surface area contributed by atoms with Gasteiger partial charge in [-0.1, -0.05) is 161 Å². The summed E-state index contributed by atoms with van der Waals surface area (Å²) in [5.74, 6) is 3.57. The van der Waals surface area contributed by atoms with Crippen LogP contribution in [0.5, 0.6) is 23.0 Å². The van der Waals surface area contributed by atoms with E-state index in [0.717, 1.165) is 62.4 Å². The molecule has 9 aromatic rings. The number of para-hydroxylation sites is 2. The molecule has 3 aliphatic carbocycles. The SMILES string of the molecule is CC1(C)c2ccccc2-c2cc(N(c3ccc(-c4ccccn4)cc3)c3ccc(C4(c5ccc(C6CCCCC6)cc5)c5ccccc5-c5c4ccc4c5Oc5ccccc5O4)cc3)ccc21. The number of anilines is 3. The van der Waals surface area contributed by atoms with E-state index >= 15 is 0 Å². The minimum absolute atomic E-state index is 0.0855. The molecular formula is C63H50N2O2. The van der Waals surface area contributed by atoms with Gasteiger partial charge in [-0.15, -0.1) is 0 Å². The molecule has 1 fully saturated rings. The molecule has 324 valence electrons. The summed E-state index contributed by atoms with van der Waals surface area (Å²) in [7, 11) is 0. The Morgan fingerprint density at radius 3 is 1.81 bits per heavy atom. The normalized spacial score (nSPS) is 17.2. The number of rotatable bonds is 7. The Morgan fingerprint density at radius 1 is 0.478 bits per heavy atom. The van der Waals surface area contributed by atoms with Crippen LogP contribution in [0, 0.1) is 0 Å². The van der Waals surface area contributed by atoms with Crippen molar-refractivity contribution in [1.29, 1.82) is 0 Å². The summed E-state index contributed by atoms with van der Waals surface area (Å²) in [6.07, 6.45) is 8.34. The highest BCUT2D eigenvalue weighted by Gasteiger charge is 2.48. The largest absolute Gasteiger partial charge is 0.449 e. The molecule has 1 unspecified atom stereocenters. The number of pyridine rings is 1. The zero-order valence-corrected chi connectivity index (χ0v) is 37.9. The Labute approximate surface area is 393 Å². The summed E-state index contributed by atoms with van der Waals surface area (Å²) < 4.78 is 13.4. The first-order chi connectivity index (χ1) is 33.0. The van der Waals surface area contributed by atoms with Gasteiger partial charge in [0.1, 0.15) is 0 Å². The molecule has 2 heterocycles. The Balaban J connectivity index is 0.988. The number of nitrogens with zero attached hydrogens (tertiary/aromatic N) is 2. The van der Waals surface area contributed by atoms with Gasteiger partial charge in [-0.2, -0.15) is 0 Å². The van der Waals surface area contributed by atoms with Gasteiger partial charge in [0.25, 0.3) is 0 Å². The molecule has 4 aliphatic rings. The maximum atomic E-state index is 6.86. The third-order valence-electron chi connectivity index (χ3n) is 15.3. The topological polar surface area (TPSA) is 34.6 Å². The van der Waals surface area contributed by atoms with Gasteiger partial charge in [0.05, 0.1) is 11.1 Å². The van der Waals surface area contributed by atoms with Crippen LogP contribution in [-0.4, -0.2) is 4.98 Å². The molecule has 1 aromatic heterocycles. The fourth-order valence-electron chi connectivity index (χ4n) is 12.0. The number of fused-ring (bicyclic) bond motifs is 9. The van der Waals surface area contributed by atoms with Crippen molar-refractivity contribution >= 4 is 17.1 Å². The molecule has 4 nitrogen and oxygen atoms in total. The average molecular weight is 867 g/mol. The summed E-state index contributed by atoms with van der Waals surface area (Å²) >= 11 is 0. The molecule has 8 aromatic carbocycles. The predicted molar refractivity (Wildman–Crippen MR) is 272 cm³/mol. The van der Waals surface area contributed by atoms with Crippen molar-refractivity contribution in [2.45, 2.75) is 62.7 Å². The third-order valence-corrected chi connectivity index (χ3v) is 15.3. The van der Waals surface area contributed by atoms with Crippen LogP contribution in [0.15, 0.2) is 200 Å². The summed E-state index contributed by atoms with van der Waals surface area (Å²) in [5.41, 5.74) is 18.5. The molecule has 0 spiro atoms. The van der Waals surface area contributed by atoms with E-state index in [-0.39, 0.29) is 5.41 Å². The molecule has 0 N–H and O–H groups in total. The number of benzene rings is 8. The molecular weight excluding hydrogens is 817 g/mol. The second-order valence-corrected chi connectivity index (χ2v) is 19.3. The van der Waals surface area contributed by atoms with E-state index in [1.165, 1.54) is 82.2 Å². The van der Waals surface area contributed by atoms with E-state index in [2.05, 4.69) is 181 Å². The van der Waals surface area contributed by atoms with Crippen LogP contribution in [0.1, 0.15) is 90.8 Å². The van der Waals surface area contributed by atoms with Crippen molar-refractivity contribution in [3.8, 4) is 56.5 Å². The summed E-state index contributed by atoms with van der Waals surface area (Å²) in [6, 6.07) is 71.1. The van der Waals surface area contributed by atoms with Crippen molar-refractivity contribution in [3.05, 3.63) is 239 Å². The lowest BCUT2D eigenvalue weighted by Crippen LogP contribution is -2.28. The molecule has 1 saturated carbocycles. The van der Waals surface area contributed by atoms with Gasteiger partial charge in [0, 0.05) is 39.8 Å². The standard InChI is InChI=1S/C63H50N2O2/c1-62(2)52-18-8-6-16-49(52)51-40-48(35-36-53(51)62)65(46-31-25-43(26-32-46)56-20-12-13-39-64-56)47-33-29-45(30-34-47)63(44-27-23-42(24-28-44)41-14-4-3-5-15-41)54-19-9-7-17-50(54)60-55(63)37-38-59-61(60)67-58-22-11-10-21-57(58)66-59/h6-13,16-41H,3-5,14-15H2,1-2H3. The average Bonchev–Trinajstić information content (AvgIpc) is 3.82. The Bertz CT molecular complexity index is 3350. The number of hydrogen-bond donors (Lipinski definition) is 0. The van der Waals surface area contributed by atoms with Crippen LogP contribution in [0.4, 0.5) is 17.1 Å². The van der Waals surface area contributed by atoms with Crippen LogP contribution in [0.3, 0.4) is 0 Å². The highest BCUT2D eigenvalue weighted by atomic mass is 16.6. The van der Waals surface area contributed by atoms with E-state index in [0.29, 0.717) is 5.92 Å². The van der Waals surface area contributed by atoms with Crippen molar-refractivity contribution in [2.24, 2.45) is 0 Å². The van der Waals surface area contributed by atoms with Gasteiger partial charge >= 0.3 is 0 Å². The minimum Gasteiger partial charge on any atom is -0.449 e. The smallest absolute Gasteiger partial charge is 0.178 e. The zero-order chi connectivity index (χ0) is 44.7. The van der Waals surface area contributed by atoms with E-state index in [4.69, 9.17) is 9.47 Å². The number of ether oxygens (including phenoxy) is 2. The molecule has 1 aliphatic heterocycles. The Morgan fingerprint density at radius 2 is 1.07 bits per heavy atom. The van der Waals surface area contributed by atoms with Gasteiger partial charge in [0.2, 0.25) is 0 Å². The fraction of sp³-hybridized carbons (Fsp3) is 0.159. The molecule has 67 heavy (non-hydrogen) atoms. The lowest BCUT2D eigenvalue weighted by molar-refractivity contribution is 0.360. The first-order valence-corrected chi connectivity index (χ1v) is 24.0. The first kappa shape index (κ1) is 39.7. The number of hydrogen-bond acceptors (Lipinski definition) is 4. The van der Waals surface area contributed by atoms with Crippen molar-refractivity contribution < 1.29 is 9.47 Å².